The number of carbonyl (C=O) groups is 1. The van der Waals surface area contributed by atoms with Crippen molar-refractivity contribution in [2.24, 2.45) is 0 Å². The van der Waals surface area contributed by atoms with Gasteiger partial charge in [-0.2, -0.15) is 0 Å². The molecule has 3 aromatic rings. The van der Waals surface area contributed by atoms with Crippen LogP contribution in [0.3, 0.4) is 0 Å². The second-order valence-corrected chi connectivity index (χ2v) is 8.27. The summed E-state index contributed by atoms with van der Waals surface area (Å²) in [5.74, 6) is 1.29. The van der Waals surface area contributed by atoms with Crippen molar-refractivity contribution in [2.75, 3.05) is 19.9 Å². The highest BCUT2D eigenvalue weighted by Gasteiger charge is 2.29. The normalized spacial score (nSPS) is 18.9. The molecular weight excluding hydrogens is 384 g/mol. The zero-order chi connectivity index (χ0) is 18.4. The number of aromatic nitrogens is 1. The van der Waals surface area contributed by atoms with Crippen LogP contribution in [0.4, 0.5) is 0 Å². The number of halogens is 1. The lowest BCUT2D eigenvalue weighted by molar-refractivity contribution is 0.0706. The average molecular weight is 401 g/mol. The minimum Gasteiger partial charge on any atom is -0.454 e. The molecular formula is C20H17ClN2O3S. The molecule has 1 atom stereocenters. The molecule has 5 rings (SSSR count). The molecule has 1 saturated heterocycles. The van der Waals surface area contributed by atoms with Crippen molar-refractivity contribution in [1.82, 2.24) is 9.88 Å². The van der Waals surface area contributed by atoms with Crippen LogP contribution in [0.15, 0.2) is 36.4 Å². The monoisotopic (exact) mass is 400 g/mol. The van der Waals surface area contributed by atoms with Crippen LogP contribution in [-0.4, -0.2) is 35.7 Å². The lowest BCUT2D eigenvalue weighted by atomic mass is 9.98. The predicted octanol–water partition coefficient (Wildman–Crippen LogP) is 4.70. The molecule has 0 aliphatic carbocycles. The maximum absolute atomic E-state index is 13.1. The Bertz CT molecular complexity index is 1000. The van der Waals surface area contributed by atoms with E-state index in [0.29, 0.717) is 28.6 Å². The topological polar surface area (TPSA) is 51.7 Å². The van der Waals surface area contributed by atoms with Gasteiger partial charge in [-0.15, -0.1) is 11.3 Å². The van der Waals surface area contributed by atoms with Crippen LogP contribution in [0, 0.1) is 0 Å². The summed E-state index contributed by atoms with van der Waals surface area (Å²) in [6.45, 7) is 1.55. The highest BCUT2D eigenvalue weighted by Crippen LogP contribution is 2.40. The van der Waals surface area contributed by atoms with Crippen molar-refractivity contribution in [3.8, 4) is 11.5 Å². The van der Waals surface area contributed by atoms with Crippen molar-refractivity contribution >= 4 is 39.1 Å². The molecule has 3 heterocycles. The van der Waals surface area contributed by atoms with Crippen LogP contribution in [0.2, 0.25) is 5.02 Å². The number of carbonyl (C=O) groups excluding carboxylic acids is 1. The molecule has 2 aliphatic heterocycles. The maximum Gasteiger partial charge on any atom is 0.254 e. The first-order valence-electron chi connectivity index (χ1n) is 8.93. The Kier molecular flexibility index (Phi) is 4.17. The van der Waals surface area contributed by atoms with E-state index in [4.69, 9.17) is 26.1 Å². The van der Waals surface area contributed by atoms with E-state index in [1.807, 2.05) is 23.1 Å². The van der Waals surface area contributed by atoms with Crippen LogP contribution < -0.4 is 9.47 Å². The Balaban J connectivity index is 1.39. The molecule has 0 saturated carbocycles. The van der Waals surface area contributed by atoms with Gasteiger partial charge in [0.2, 0.25) is 6.79 Å². The highest BCUT2D eigenvalue weighted by atomic mass is 35.5. The molecule has 1 fully saturated rings. The smallest absolute Gasteiger partial charge is 0.254 e. The highest BCUT2D eigenvalue weighted by molar-refractivity contribution is 7.18. The van der Waals surface area contributed by atoms with Gasteiger partial charge in [-0.05, 0) is 37.1 Å². The quantitative estimate of drug-likeness (QED) is 0.625. The van der Waals surface area contributed by atoms with E-state index in [-0.39, 0.29) is 18.6 Å². The van der Waals surface area contributed by atoms with Crippen LogP contribution in [0.25, 0.3) is 10.2 Å². The van der Waals surface area contributed by atoms with Gasteiger partial charge in [0.15, 0.2) is 11.5 Å². The summed E-state index contributed by atoms with van der Waals surface area (Å²) in [6, 6.07) is 11.6. The number of thiazole rings is 1. The van der Waals surface area contributed by atoms with Gasteiger partial charge in [0.25, 0.3) is 5.91 Å². The van der Waals surface area contributed by atoms with Crippen LogP contribution in [0.1, 0.15) is 34.1 Å². The second kappa shape index (κ2) is 6.69. The molecule has 0 unspecified atom stereocenters. The molecule has 7 heteroatoms. The maximum atomic E-state index is 13.1. The summed E-state index contributed by atoms with van der Waals surface area (Å²) >= 11 is 7.97. The fourth-order valence-electron chi connectivity index (χ4n) is 3.70. The summed E-state index contributed by atoms with van der Waals surface area (Å²) in [7, 11) is 0. The van der Waals surface area contributed by atoms with E-state index in [2.05, 4.69) is 6.07 Å². The lowest BCUT2D eigenvalue weighted by Gasteiger charge is -2.32. The number of nitrogens with zero attached hydrogens (tertiary/aromatic N) is 2. The first-order valence-corrected chi connectivity index (χ1v) is 10.1. The summed E-state index contributed by atoms with van der Waals surface area (Å²) in [5.41, 5.74) is 1.57. The van der Waals surface area contributed by atoms with Crippen LogP contribution in [0.5, 0.6) is 11.5 Å². The number of likely N-dealkylation sites (tertiary alicyclic amines) is 1. The Morgan fingerprint density at radius 1 is 1.26 bits per heavy atom. The lowest BCUT2D eigenvalue weighted by Crippen LogP contribution is -2.39. The Morgan fingerprint density at radius 3 is 3.04 bits per heavy atom. The number of hydrogen-bond donors (Lipinski definition) is 0. The van der Waals surface area contributed by atoms with Crippen molar-refractivity contribution in [3.05, 3.63) is 52.0 Å². The van der Waals surface area contributed by atoms with Crippen molar-refractivity contribution in [1.29, 1.82) is 0 Å². The number of fused-ring (bicyclic) bond motifs is 2. The van der Waals surface area contributed by atoms with Gasteiger partial charge in [-0.25, -0.2) is 4.98 Å². The minimum absolute atomic E-state index is 0.0268. The van der Waals surface area contributed by atoms with Crippen LogP contribution in [-0.2, 0) is 0 Å². The Morgan fingerprint density at radius 2 is 2.15 bits per heavy atom. The Labute approximate surface area is 165 Å². The third-order valence-electron chi connectivity index (χ3n) is 5.04. The average Bonchev–Trinajstić information content (AvgIpc) is 3.34. The van der Waals surface area contributed by atoms with Crippen molar-refractivity contribution in [2.45, 2.75) is 18.8 Å². The van der Waals surface area contributed by atoms with E-state index >= 15 is 0 Å². The molecule has 138 valence electrons. The minimum atomic E-state index is -0.0268. The number of para-hydroxylation sites is 1. The molecule has 0 N–H and O–H groups in total. The van der Waals surface area contributed by atoms with Crippen molar-refractivity contribution < 1.29 is 14.3 Å². The van der Waals surface area contributed by atoms with E-state index in [0.717, 1.165) is 29.9 Å². The van der Waals surface area contributed by atoms with Crippen molar-refractivity contribution in [3.63, 3.8) is 0 Å². The molecule has 2 aliphatic rings. The van der Waals surface area contributed by atoms with Gasteiger partial charge in [-0.3, -0.25) is 4.79 Å². The van der Waals surface area contributed by atoms with Gasteiger partial charge in [0.05, 0.1) is 20.2 Å². The van der Waals surface area contributed by atoms with Gasteiger partial charge >= 0.3 is 0 Å². The van der Waals surface area contributed by atoms with Gasteiger partial charge in [0.1, 0.15) is 0 Å². The van der Waals surface area contributed by atoms with Gasteiger partial charge in [-0.1, -0.05) is 23.7 Å². The molecule has 27 heavy (non-hydrogen) atoms. The fraction of sp³-hybridized carbons (Fsp3) is 0.300. The molecule has 1 amide bonds. The third kappa shape index (κ3) is 3.03. The first kappa shape index (κ1) is 16.8. The first-order chi connectivity index (χ1) is 13.2. The number of piperidine rings is 1. The van der Waals surface area contributed by atoms with E-state index < -0.39 is 0 Å². The molecule has 0 bridgehead atoms. The van der Waals surface area contributed by atoms with E-state index in [1.165, 1.54) is 4.70 Å². The predicted molar refractivity (Wildman–Crippen MR) is 105 cm³/mol. The molecule has 0 spiro atoms. The second-order valence-electron chi connectivity index (χ2n) is 6.80. The number of ether oxygens (including phenoxy) is 2. The molecule has 2 aromatic carbocycles. The SMILES string of the molecule is O=C(c1cc(Cl)c2c(c1)OCO2)N1CCC[C@H](c2nc3ccccc3s2)C1. The zero-order valence-corrected chi connectivity index (χ0v) is 16.1. The molecule has 5 nitrogen and oxygen atoms in total. The molecule has 0 radical (unpaired) electrons. The standard InChI is InChI=1S/C20H17ClN2O3S/c21-14-8-13(9-16-18(14)26-11-25-16)20(24)23-7-3-4-12(10-23)19-22-15-5-1-2-6-17(15)27-19/h1-2,5-6,8-9,12H,3-4,7,10-11H2/t12-/m0/s1. The summed E-state index contributed by atoms with van der Waals surface area (Å²) in [4.78, 5) is 19.7. The third-order valence-corrected chi connectivity index (χ3v) is 6.52. The van der Waals surface area contributed by atoms with E-state index in [9.17, 15) is 4.79 Å². The van der Waals surface area contributed by atoms with Crippen LogP contribution >= 0.6 is 22.9 Å². The largest absolute Gasteiger partial charge is 0.454 e. The number of amides is 1. The summed E-state index contributed by atoms with van der Waals surface area (Å²) < 4.78 is 11.9. The summed E-state index contributed by atoms with van der Waals surface area (Å²) in [5, 5.41) is 1.52. The van der Waals surface area contributed by atoms with Gasteiger partial charge in [0, 0.05) is 24.6 Å². The number of benzene rings is 2. The van der Waals surface area contributed by atoms with Gasteiger partial charge < -0.3 is 14.4 Å². The summed E-state index contributed by atoms with van der Waals surface area (Å²) in [6.07, 6.45) is 2.01. The number of hydrogen-bond acceptors (Lipinski definition) is 5. The number of rotatable bonds is 2. The fourth-order valence-corrected chi connectivity index (χ4v) is 5.06. The zero-order valence-electron chi connectivity index (χ0n) is 14.5. The Hall–Kier alpha value is -2.31. The molecule has 1 aromatic heterocycles. The van der Waals surface area contributed by atoms with E-state index in [1.54, 1.807) is 23.5 Å².